The lowest BCUT2D eigenvalue weighted by molar-refractivity contribution is 0.167. The number of hydrogen-bond acceptors (Lipinski definition) is 4. The molecule has 2 aromatic heterocycles. The van der Waals surface area contributed by atoms with E-state index in [0.717, 1.165) is 11.3 Å². The second kappa shape index (κ2) is 5.18. The van der Waals surface area contributed by atoms with Crippen molar-refractivity contribution in [1.29, 1.82) is 0 Å². The third-order valence-electron chi connectivity index (χ3n) is 2.93. The Morgan fingerprint density at radius 2 is 2.22 bits per heavy atom. The molecule has 0 fully saturated rings. The molecule has 18 heavy (non-hydrogen) atoms. The Kier molecular flexibility index (Phi) is 3.62. The van der Waals surface area contributed by atoms with Gasteiger partial charge in [0.25, 0.3) is 0 Å². The fourth-order valence-corrected chi connectivity index (χ4v) is 1.94. The first-order valence-electron chi connectivity index (χ1n) is 5.98. The van der Waals surface area contributed by atoms with E-state index in [4.69, 9.17) is 5.73 Å². The van der Waals surface area contributed by atoms with Crippen molar-refractivity contribution >= 4 is 5.82 Å². The average molecular weight is 246 g/mol. The highest BCUT2D eigenvalue weighted by atomic mass is 16.3. The highest BCUT2D eigenvalue weighted by Gasteiger charge is 2.16. The van der Waals surface area contributed by atoms with Crippen LogP contribution >= 0.6 is 0 Å². The summed E-state index contributed by atoms with van der Waals surface area (Å²) in [6.07, 6.45) is 4.88. The summed E-state index contributed by atoms with van der Waals surface area (Å²) in [7, 11) is 0. The minimum Gasteiger partial charge on any atom is -0.386 e. The van der Waals surface area contributed by atoms with Crippen LogP contribution in [0.15, 0.2) is 30.9 Å². The molecule has 0 aliphatic rings. The number of imidazole rings is 1. The SMILES string of the molecule is CC(C)n1cncc1C(O)Cc1cccnc1N. The van der Waals surface area contributed by atoms with Gasteiger partial charge < -0.3 is 15.4 Å². The Morgan fingerprint density at radius 1 is 1.44 bits per heavy atom. The van der Waals surface area contributed by atoms with Crippen molar-refractivity contribution in [3.8, 4) is 0 Å². The maximum atomic E-state index is 10.3. The summed E-state index contributed by atoms with van der Waals surface area (Å²) in [4.78, 5) is 8.10. The van der Waals surface area contributed by atoms with Crippen molar-refractivity contribution in [2.45, 2.75) is 32.4 Å². The molecule has 0 spiro atoms. The predicted molar refractivity (Wildman–Crippen MR) is 69.9 cm³/mol. The summed E-state index contributed by atoms with van der Waals surface area (Å²) in [6, 6.07) is 3.96. The van der Waals surface area contributed by atoms with Gasteiger partial charge in [-0.3, -0.25) is 0 Å². The first-order chi connectivity index (χ1) is 8.59. The second-order valence-corrected chi connectivity index (χ2v) is 4.59. The average Bonchev–Trinajstić information content (AvgIpc) is 2.81. The van der Waals surface area contributed by atoms with Gasteiger partial charge in [-0.2, -0.15) is 0 Å². The molecule has 0 radical (unpaired) electrons. The number of rotatable bonds is 4. The van der Waals surface area contributed by atoms with Crippen molar-refractivity contribution < 1.29 is 5.11 Å². The Balaban J connectivity index is 2.20. The fourth-order valence-electron chi connectivity index (χ4n) is 1.94. The quantitative estimate of drug-likeness (QED) is 0.861. The van der Waals surface area contributed by atoms with Crippen molar-refractivity contribution in [3.63, 3.8) is 0 Å². The zero-order valence-corrected chi connectivity index (χ0v) is 10.6. The van der Waals surface area contributed by atoms with Crippen molar-refractivity contribution in [2.75, 3.05) is 5.73 Å². The van der Waals surface area contributed by atoms with E-state index in [2.05, 4.69) is 23.8 Å². The molecule has 5 nitrogen and oxygen atoms in total. The van der Waals surface area contributed by atoms with Crippen LogP contribution in [0.1, 0.15) is 37.3 Å². The van der Waals surface area contributed by atoms with Crippen LogP contribution in [0.3, 0.4) is 0 Å². The molecule has 0 aromatic carbocycles. The lowest BCUT2D eigenvalue weighted by Crippen LogP contribution is -2.12. The molecule has 0 bridgehead atoms. The van der Waals surface area contributed by atoms with Crippen LogP contribution in [-0.2, 0) is 6.42 Å². The lowest BCUT2D eigenvalue weighted by atomic mass is 10.1. The molecular weight excluding hydrogens is 228 g/mol. The van der Waals surface area contributed by atoms with E-state index in [1.54, 1.807) is 18.7 Å². The maximum Gasteiger partial charge on any atom is 0.126 e. The number of pyridine rings is 1. The molecule has 0 saturated carbocycles. The van der Waals surface area contributed by atoms with Gasteiger partial charge >= 0.3 is 0 Å². The number of aliphatic hydroxyl groups is 1. The normalized spacial score (nSPS) is 12.9. The Bertz CT molecular complexity index is 521. The summed E-state index contributed by atoms with van der Waals surface area (Å²) in [5.74, 6) is 0.465. The fraction of sp³-hybridized carbons (Fsp3) is 0.385. The van der Waals surface area contributed by atoms with Gasteiger partial charge in [-0.25, -0.2) is 9.97 Å². The van der Waals surface area contributed by atoms with Gasteiger partial charge in [-0.15, -0.1) is 0 Å². The minimum absolute atomic E-state index is 0.267. The second-order valence-electron chi connectivity index (χ2n) is 4.59. The van der Waals surface area contributed by atoms with Crippen LogP contribution in [-0.4, -0.2) is 19.6 Å². The van der Waals surface area contributed by atoms with Crippen LogP contribution in [0.4, 0.5) is 5.82 Å². The highest BCUT2D eigenvalue weighted by molar-refractivity contribution is 5.39. The molecule has 1 unspecified atom stereocenters. The molecule has 3 N–H and O–H groups in total. The van der Waals surface area contributed by atoms with Gasteiger partial charge in [0.15, 0.2) is 0 Å². The zero-order chi connectivity index (χ0) is 13.1. The van der Waals surface area contributed by atoms with Crippen molar-refractivity contribution in [3.05, 3.63) is 42.1 Å². The number of anilines is 1. The van der Waals surface area contributed by atoms with E-state index >= 15 is 0 Å². The van der Waals surface area contributed by atoms with Crippen molar-refractivity contribution in [1.82, 2.24) is 14.5 Å². The molecule has 0 amide bonds. The molecule has 0 saturated heterocycles. The van der Waals surface area contributed by atoms with E-state index in [1.165, 1.54) is 0 Å². The standard InChI is InChI=1S/C13H18N4O/c1-9(2)17-8-15-7-11(17)12(18)6-10-4-3-5-16-13(10)14/h3-5,7-9,12,18H,6H2,1-2H3,(H2,14,16). The molecule has 2 rings (SSSR count). The van der Waals surface area contributed by atoms with Gasteiger partial charge in [-0.05, 0) is 25.5 Å². The number of aromatic nitrogens is 3. The smallest absolute Gasteiger partial charge is 0.126 e. The Hall–Kier alpha value is -1.88. The van der Waals surface area contributed by atoms with Crippen LogP contribution in [0.2, 0.25) is 0 Å². The number of nitrogens with two attached hydrogens (primary N) is 1. The van der Waals surface area contributed by atoms with E-state index in [1.807, 2.05) is 16.7 Å². The summed E-state index contributed by atoms with van der Waals surface area (Å²) < 4.78 is 1.96. The molecule has 96 valence electrons. The largest absolute Gasteiger partial charge is 0.386 e. The topological polar surface area (TPSA) is 77.0 Å². The Labute approximate surface area is 106 Å². The van der Waals surface area contributed by atoms with Crippen molar-refractivity contribution in [2.24, 2.45) is 0 Å². The number of aliphatic hydroxyl groups excluding tert-OH is 1. The number of nitrogens with zero attached hydrogens (tertiary/aromatic N) is 3. The zero-order valence-electron chi connectivity index (χ0n) is 10.6. The molecule has 2 heterocycles. The molecule has 2 aromatic rings. The number of hydrogen-bond donors (Lipinski definition) is 2. The highest BCUT2D eigenvalue weighted by Crippen LogP contribution is 2.22. The van der Waals surface area contributed by atoms with Gasteiger partial charge in [0.05, 0.1) is 24.3 Å². The maximum absolute atomic E-state index is 10.3. The molecule has 1 atom stereocenters. The summed E-state index contributed by atoms with van der Waals surface area (Å²) in [6.45, 7) is 4.10. The third-order valence-corrected chi connectivity index (χ3v) is 2.93. The van der Waals surface area contributed by atoms with Gasteiger partial charge in [0, 0.05) is 18.7 Å². The predicted octanol–water partition coefficient (Wildman–Crippen LogP) is 1.72. The van der Waals surface area contributed by atoms with Gasteiger partial charge in [-0.1, -0.05) is 6.07 Å². The van der Waals surface area contributed by atoms with Gasteiger partial charge in [0.2, 0.25) is 0 Å². The van der Waals surface area contributed by atoms with E-state index in [9.17, 15) is 5.11 Å². The van der Waals surface area contributed by atoms with E-state index in [0.29, 0.717) is 12.2 Å². The van der Waals surface area contributed by atoms with Crippen LogP contribution in [0, 0.1) is 0 Å². The summed E-state index contributed by atoms with van der Waals surface area (Å²) in [5, 5.41) is 10.3. The van der Waals surface area contributed by atoms with Crippen LogP contribution in [0.5, 0.6) is 0 Å². The first-order valence-corrected chi connectivity index (χ1v) is 5.98. The monoisotopic (exact) mass is 246 g/mol. The molecule has 5 heteroatoms. The summed E-state index contributed by atoms with van der Waals surface area (Å²) >= 11 is 0. The molecule has 0 aliphatic carbocycles. The molecule has 0 aliphatic heterocycles. The third kappa shape index (κ3) is 2.51. The minimum atomic E-state index is -0.624. The lowest BCUT2D eigenvalue weighted by Gasteiger charge is -2.16. The van der Waals surface area contributed by atoms with Crippen LogP contribution in [0.25, 0.3) is 0 Å². The van der Waals surface area contributed by atoms with Gasteiger partial charge in [0.1, 0.15) is 5.82 Å². The molecular formula is C13H18N4O. The van der Waals surface area contributed by atoms with Crippen LogP contribution < -0.4 is 5.73 Å². The van der Waals surface area contributed by atoms with E-state index < -0.39 is 6.10 Å². The Morgan fingerprint density at radius 3 is 2.89 bits per heavy atom. The summed E-state index contributed by atoms with van der Waals surface area (Å²) in [5.41, 5.74) is 7.42. The first kappa shape index (κ1) is 12.6. The number of nitrogen functional groups attached to an aromatic ring is 1. The van der Waals surface area contributed by atoms with E-state index in [-0.39, 0.29) is 6.04 Å².